The monoisotopic (exact) mass is 580 g/mol. The van der Waals surface area contributed by atoms with Gasteiger partial charge in [-0.05, 0) is 67.8 Å². The van der Waals surface area contributed by atoms with Crippen LogP contribution in [0.4, 0.5) is 11.4 Å². The molecule has 0 saturated carbocycles. The molecule has 1 spiro atoms. The van der Waals surface area contributed by atoms with E-state index in [0.29, 0.717) is 11.3 Å². The van der Waals surface area contributed by atoms with Gasteiger partial charge >= 0.3 is 5.97 Å². The highest BCUT2D eigenvalue weighted by atomic mass is 16.6. The minimum atomic E-state index is -1.12. The lowest BCUT2D eigenvalue weighted by molar-refractivity contribution is 0.0224. The lowest BCUT2D eigenvalue weighted by Crippen LogP contribution is -2.34. The normalized spacial score (nSPS) is 16.1. The number of anilines is 2. The SMILES string of the molecule is Cc1ccc(CN(Cc2ccc(C)cc2)c2cc(C)c3c(c2)C2(OC(=O)c4ccccc42)c2ccc(N(C)C)cc2O3)cc1. The lowest BCUT2D eigenvalue weighted by atomic mass is 9.77. The number of hydrogen-bond acceptors (Lipinski definition) is 5. The number of fused-ring (bicyclic) bond motifs is 6. The molecule has 0 radical (unpaired) electrons. The van der Waals surface area contributed by atoms with Crippen LogP contribution in [-0.4, -0.2) is 20.1 Å². The van der Waals surface area contributed by atoms with Gasteiger partial charge in [0, 0.05) is 61.3 Å². The van der Waals surface area contributed by atoms with Gasteiger partial charge in [0.1, 0.15) is 11.5 Å². The summed E-state index contributed by atoms with van der Waals surface area (Å²) in [6.45, 7) is 7.74. The van der Waals surface area contributed by atoms with E-state index >= 15 is 0 Å². The second kappa shape index (κ2) is 10.6. The van der Waals surface area contributed by atoms with Crippen molar-refractivity contribution in [1.29, 1.82) is 0 Å². The third-order valence-electron chi connectivity index (χ3n) is 8.84. The number of rotatable bonds is 6. The molecular formula is C39H36N2O3. The van der Waals surface area contributed by atoms with E-state index in [1.807, 2.05) is 55.4 Å². The smallest absolute Gasteiger partial charge is 0.340 e. The van der Waals surface area contributed by atoms with Gasteiger partial charge in [-0.25, -0.2) is 4.79 Å². The Labute approximate surface area is 259 Å². The van der Waals surface area contributed by atoms with Crippen molar-refractivity contribution in [2.24, 2.45) is 0 Å². The maximum Gasteiger partial charge on any atom is 0.340 e. The van der Waals surface area contributed by atoms with Crippen molar-refractivity contribution >= 4 is 17.3 Å². The number of carbonyl (C=O) groups is 1. The number of aryl methyl sites for hydroxylation is 3. The molecule has 5 aromatic rings. The summed E-state index contributed by atoms with van der Waals surface area (Å²) in [4.78, 5) is 17.9. The Balaban J connectivity index is 1.42. The summed E-state index contributed by atoms with van der Waals surface area (Å²) < 4.78 is 13.2. The maximum absolute atomic E-state index is 13.5. The van der Waals surface area contributed by atoms with Gasteiger partial charge in [-0.1, -0.05) is 77.9 Å². The Morgan fingerprint density at radius 2 is 1.30 bits per heavy atom. The molecule has 1 atom stereocenters. The lowest BCUT2D eigenvalue weighted by Gasteiger charge is -2.38. The first kappa shape index (κ1) is 27.8. The molecule has 2 aliphatic rings. The number of carbonyl (C=O) groups excluding carboxylic acids is 1. The summed E-state index contributed by atoms with van der Waals surface area (Å²) in [5.41, 5.74) is 9.93. The van der Waals surface area contributed by atoms with E-state index in [-0.39, 0.29) is 5.97 Å². The first-order chi connectivity index (χ1) is 21.2. The number of hydrogen-bond donors (Lipinski definition) is 0. The van der Waals surface area contributed by atoms with E-state index < -0.39 is 5.60 Å². The highest BCUT2D eigenvalue weighted by Gasteiger charge is 2.54. The van der Waals surface area contributed by atoms with Gasteiger partial charge < -0.3 is 19.3 Å². The third-order valence-corrected chi connectivity index (χ3v) is 8.84. The van der Waals surface area contributed by atoms with Crippen LogP contribution in [0.25, 0.3) is 0 Å². The average Bonchev–Trinajstić information content (AvgIpc) is 3.31. The average molecular weight is 581 g/mol. The molecule has 5 heteroatoms. The van der Waals surface area contributed by atoms with Crippen LogP contribution in [0.15, 0.2) is 103 Å². The third kappa shape index (κ3) is 4.60. The van der Waals surface area contributed by atoms with E-state index in [4.69, 9.17) is 9.47 Å². The first-order valence-corrected chi connectivity index (χ1v) is 15.1. The summed E-state index contributed by atoms with van der Waals surface area (Å²) in [6, 6.07) is 35.7. The van der Waals surface area contributed by atoms with Crippen LogP contribution in [0.2, 0.25) is 0 Å². The summed E-state index contributed by atoms with van der Waals surface area (Å²) in [7, 11) is 4.01. The van der Waals surface area contributed by atoms with Crippen LogP contribution in [0.5, 0.6) is 11.5 Å². The van der Waals surface area contributed by atoms with Crippen molar-refractivity contribution in [1.82, 2.24) is 0 Å². The molecule has 5 aromatic carbocycles. The number of benzene rings is 5. The molecule has 0 aromatic heterocycles. The van der Waals surface area contributed by atoms with Crippen molar-refractivity contribution in [2.75, 3.05) is 23.9 Å². The van der Waals surface area contributed by atoms with E-state index in [1.165, 1.54) is 22.3 Å². The number of esters is 1. The molecule has 7 rings (SSSR count). The zero-order chi connectivity index (χ0) is 30.6. The quantitative estimate of drug-likeness (QED) is 0.189. The van der Waals surface area contributed by atoms with Crippen molar-refractivity contribution in [2.45, 2.75) is 39.5 Å². The fraction of sp³-hybridized carbons (Fsp3) is 0.205. The van der Waals surface area contributed by atoms with Gasteiger partial charge in [-0.3, -0.25) is 0 Å². The zero-order valence-electron chi connectivity index (χ0n) is 25.8. The topological polar surface area (TPSA) is 42.0 Å². The second-order valence-electron chi connectivity index (χ2n) is 12.3. The highest BCUT2D eigenvalue weighted by molar-refractivity contribution is 5.97. The van der Waals surface area contributed by atoms with E-state index in [0.717, 1.165) is 52.5 Å². The van der Waals surface area contributed by atoms with Crippen molar-refractivity contribution < 1.29 is 14.3 Å². The standard InChI is InChI=1S/C39H36N2O3/c1-25-10-14-28(15-11-25)23-41(24-29-16-12-26(2)13-17-29)31-20-27(3)37-35(21-31)39(33-9-7-6-8-32(33)38(42)44-39)34-19-18-30(40(4)5)22-36(34)43-37/h6-22H,23-24H2,1-5H3. The van der Waals surface area contributed by atoms with Crippen LogP contribution in [-0.2, 0) is 23.4 Å². The van der Waals surface area contributed by atoms with Crippen molar-refractivity contribution in [3.05, 3.63) is 153 Å². The van der Waals surface area contributed by atoms with Crippen LogP contribution in [0.1, 0.15) is 54.9 Å². The molecule has 5 nitrogen and oxygen atoms in total. The van der Waals surface area contributed by atoms with Crippen molar-refractivity contribution in [3.63, 3.8) is 0 Å². The fourth-order valence-corrected chi connectivity index (χ4v) is 6.44. The van der Waals surface area contributed by atoms with E-state index in [9.17, 15) is 4.79 Å². The van der Waals surface area contributed by atoms with Gasteiger partial charge in [0.2, 0.25) is 0 Å². The van der Waals surface area contributed by atoms with E-state index in [2.05, 4.69) is 92.4 Å². The van der Waals surface area contributed by atoms with Crippen LogP contribution >= 0.6 is 0 Å². The number of ether oxygens (including phenoxy) is 2. The van der Waals surface area contributed by atoms with E-state index in [1.54, 1.807) is 0 Å². The molecule has 2 heterocycles. The summed E-state index contributed by atoms with van der Waals surface area (Å²) in [5.74, 6) is 1.10. The predicted octanol–water partition coefficient (Wildman–Crippen LogP) is 8.45. The van der Waals surface area contributed by atoms with Gasteiger partial charge in [-0.15, -0.1) is 0 Å². The van der Waals surface area contributed by atoms with Gasteiger partial charge in [-0.2, -0.15) is 0 Å². The fourth-order valence-electron chi connectivity index (χ4n) is 6.44. The number of nitrogens with zero attached hydrogens (tertiary/aromatic N) is 2. The largest absolute Gasteiger partial charge is 0.456 e. The summed E-state index contributed by atoms with van der Waals surface area (Å²) in [6.07, 6.45) is 0. The summed E-state index contributed by atoms with van der Waals surface area (Å²) in [5, 5.41) is 0. The molecule has 0 saturated heterocycles. The molecule has 1 unspecified atom stereocenters. The first-order valence-electron chi connectivity index (χ1n) is 15.1. The zero-order valence-corrected chi connectivity index (χ0v) is 25.8. The van der Waals surface area contributed by atoms with Gasteiger partial charge in [0.15, 0.2) is 5.60 Å². The minimum absolute atomic E-state index is 0.324. The Morgan fingerprint density at radius 3 is 1.93 bits per heavy atom. The summed E-state index contributed by atoms with van der Waals surface area (Å²) >= 11 is 0. The Kier molecular flexibility index (Phi) is 6.69. The van der Waals surface area contributed by atoms with Gasteiger partial charge in [0.05, 0.1) is 5.56 Å². The maximum atomic E-state index is 13.5. The Bertz CT molecular complexity index is 1850. The Hall–Kier alpha value is -5.03. The van der Waals surface area contributed by atoms with Crippen LogP contribution < -0.4 is 14.5 Å². The molecule has 220 valence electrons. The molecule has 0 fully saturated rings. The predicted molar refractivity (Wildman–Crippen MR) is 176 cm³/mol. The molecule has 0 bridgehead atoms. The second-order valence-corrected chi connectivity index (χ2v) is 12.3. The van der Waals surface area contributed by atoms with Gasteiger partial charge in [0.25, 0.3) is 0 Å². The van der Waals surface area contributed by atoms with Crippen LogP contribution in [0, 0.1) is 20.8 Å². The molecule has 0 amide bonds. The molecular weight excluding hydrogens is 544 g/mol. The minimum Gasteiger partial charge on any atom is -0.456 e. The molecule has 2 aliphatic heterocycles. The Morgan fingerprint density at radius 1 is 0.659 bits per heavy atom. The highest BCUT2D eigenvalue weighted by Crippen LogP contribution is 2.58. The van der Waals surface area contributed by atoms with Crippen LogP contribution in [0.3, 0.4) is 0 Å². The van der Waals surface area contributed by atoms with Crippen molar-refractivity contribution in [3.8, 4) is 11.5 Å². The molecule has 44 heavy (non-hydrogen) atoms. The molecule has 0 aliphatic carbocycles. The molecule has 0 N–H and O–H groups in total.